The van der Waals surface area contributed by atoms with Crippen LogP contribution in [-0.2, 0) is 6.42 Å². The van der Waals surface area contributed by atoms with Crippen LogP contribution >= 0.6 is 0 Å². The third kappa shape index (κ3) is 6.07. The molecule has 56 heavy (non-hydrogen) atoms. The zero-order valence-electron chi connectivity index (χ0n) is 31.2. The van der Waals surface area contributed by atoms with Gasteiger partial charge in [0.05, 0.1) is 34.0 Å². The van der Waals surface area contributed by atoms with Gasteiger partial charge in [-0.25, -0.2) is 15.0 Å². The molecule has 8 aromatic rings. The normalized spacial score (nSPS) is 12.6. The molecular formula is C50H40N6. The van der Waals surface area contributed by atoms with Crippen molar-refractivity contribution < 1.29 is 0 Å². The van der Waals surface area contributed by atoms with Crippen LogP contribution in [0.5, 0.6) is 0 Å². The molecule has 4 aromatic heterocycles. The van der Waals surface area contributed by atoms with Gasteiger partial charge in [-0.3, -0.25) is 9.13 Å². The maximum atomic E-state index is 7.10. The van der Waals surface area contributed by atoms with Crippen LogP contribution < -0.4 is 5.73 Å². The van der Waals surface area contributed by atoms with Gasteiger partial charge in [-0.05, 0) is 85.0 Å². The number of rotatable bonds is 9. The molecule has 0 unspecified atom stereocenters. The van der Waals surface area contributed by atoms with Crippen molar-refractivity contribution in [2.45, 2.75) is 19.8 Å². The Bertz CT molecular complexity index is 2900. The first-order valence-electron chi connectivity index (χ1n) is 18.9. The molecule has 6 heteroatoms. The Balaban J connectivity index is 1.31. The highest BCUT2D eigenvalue weighted by atomic mass is 15.1. The molecule has 0 amide bonds. The minimum absolute atomic E-state index is 0.561. The first kappa shape index (κ1) is 34.5. The molecule has 4 aromatic carbocycles. The van der Waals surface area contributed by atoms with Gasteiger partial charge in [-0.2, -0.15) is 0 Å². The lowest BCUT2D eigenvalue weighted by Crippen LogP contribution is -2.06. The van der Waals surface area contributed by atoms with Gasteiger partial charge in [-0.15, -0.1) is 0 Å². The summed E-state index contributed by atoms with van der Waals surface area (Å²) in [5, 5.41) is 2.21. The fourth-order valence-electron chi connectivity index (χ4n) is 7.85. The van der Waals surface area contributed by atoms with Crippen molar-refractivity contribution in [3.63, 3.8) is 0 Å². The summed E-state index contributed by atoms with van der Waals surface area (Å²) < 4.78 is 4.41. The van der Waals surface area contributed by atoms with Crippen LogP contribution in [0.1, 0.15) is 36.0 Å². The Morgan fingerprint density at radius 3 is 2.23 bits per heavy atom. The summed E-state index contributed by atoms with van der Waals surface area (Å²) in [4.78, 5) is 15.2. The lowest BCUT2D eigenvalue weighted by Gasteiger charge is -2.17. The van der Waals surface area contributed by atoms with Gasteiger partial charge in [0.25, 0.3) is 0 Å². The summed E-state index contributed by atoms with van der Waals surface area (Å²) in [6, 6.07) is 40.1. The van der Waals surface area contributed by atoms with Gasteiger partial charge in [0.1, 0.15) is 11.5 Å². The van der Waals surface area contributed by atoms with Crippen molar-refractivity contribution in [3.8, 4) is 45.0 Å². The van der Waals surface area contributed by atoms with E-state index in [9.17, 15) is 0 Å². The smallest absolute Gasteiger partial charge is 0.159 e. The number of aryl methyl sites for hydroxylation is 1. The van der Waals surface area contributed by atoms with Crippen molar-refractivity contribution >= 4 is 45.5 Å². The van der Waals surface area contributed by atoms with E-state index in [0.29, 0.717) is 11.6 Å². The molecule has 1 aliphatic carbocycles. The first-order valence-corrected chi connectivity index (χ1v) is 18.9. The van der Waals surface area contributed by atoms with Gasteiger partial charge in [0, 0.05) is 39.2 Å². The second kappa shape index (κ2) is 14.5. The van der Waals surface area contributed by atoms with Crippen LogP contribution in [0.4, 0.5) is 5.82 Å². The molecule has 9 rings (SSSR count). The van der Waals surface area contributed by atoms with E-state index in [1.807, 2.05) is 61.7 Å². The Morgan fingerprint density at radius 2 is 1.45 bits per heavy atom. The van der Waals surface area contributed by atoms with Crippen LogP contribution in [0.3, 0.4) is 0 Å². The highest BCUT2D eigenvalue weighted by molar-refractivity contribution is 5.97. The molecule has 0 saturated heterocycles. The van der Waals surface area contributed by atoms with Gasteiger partial charge in [-0.1, -0.05) is 122 Å². The third-order valence-electron chi connectivity index (χ3n) is 10.4. The van der Waals surface area contributed by atoms with E-state index in [0.717, 1.165) is 96.6 Å². The van der Waals surface area contributed by atoms with Gasteiger partial charge in [0.15, 0.2) is 5.82 Å². The second-order valence-electron chi connectivity index (χ2n) is 13.9. The predicted molar refractivity (Wildman–Crippen MR) is 235 cm³/mol. The number of nitrogen functional groups attached to an aromatic ring is 1. The first-order chi connectivity index (χ1) is 27.5. The standard InChI is InChI=1S/C50H40N6/c1-4-6-18-42-40-19-10-12-22-46(40)55(48(42)51)38-29-37(30-39(31-38)56-47-23-13-11-20-41(47)43-21-14-28-52-50(43)56)45-32-44(53-49(54-45)33(3)15-5-2)36-26-24-35(25-27-36)34-16-8-7-9-17-34/h4-10,12-19,21-32H,1,3,11,20,51H2,2H3/b15-5-,18-6-. The van der Waals surface area contributed by atoms with Crippen molar-refractivity contribution in [2.75, 3.05) is 5.73 Å². The summed E-state index contributed by atoms with van der Waals surface area (Å²) in [7, 11) is 0. The average molecular weight is 725 g/mol. The van der Waals surface area contributed by atoms with Crippen molar-refractivity contribution in [3.05, 3.63) is 188 Å². The number of hydrogen-bond donors (Lipinski definition) is 1. The predicted octanol–water partition coefficient (Wildman–Crippen LogP) is 12.1. The van der Waals surface area contributed by atoms with E-state index in [2.05, 4.69) is 125 Å². The minimum atomic E-state index is 0.561. The molecule has 0 radical (unpaired) electrons. The molecule has 0 spiro atoms. The zero-order chi connectivity index (χ0) is 38.2. The Kier molecular flexibility index (Phi) is 8.92. The van der Waals surface area contributed by atoms with Gasteiger partial charge >= 0.3 is 0 Å². The van der Waals surface area contributed by atoms with Crippen LogP contribution in [0.15, 0.2) is 165 Å². The van der Waals surface area contributed by atoms with E-state index in [-0.39, 0.29) is 0 Å². The lowest BCUT2D eigenvalue weighted by molar-refractivity contribution is 0.963. The average Bonchev–Trinajstić information content (AvgIpc) is 3.74. The summed E-state index contributed by atoms with van der Waals surface area (Å²) in [6.07, 6.45) is 17.9. The van der Waals surface area contributed by atoms with Crippen LogP contribution in [0.2, 0.25) is 0 Å². The van der Waals surface area contributed by atoms with E-state index in [1.54, 1.807) is 6.08 Å². The van der Waals surface area contributed by atoms with Crippen LogP contribution in [-0.4, -0.2) is 24.1 Å². The molecule has 0 bridgehead atoms. The molecule has 0 atom stereocenters. The zero-order valence-corrected chi connectivity index (χ0v) is 31.2. The molecule has 0 saturated carbocycles. The highest BCUT2D eigenvalue weighted by Crippen LogP contribution is 2.39. The number of allylic oxidation sites excluding steroid dienone is 6. The number of nitrogens with zero attached hydrogens (tertiary/aromatic N) is 5. The molecule has 4 heterocycles. The maximum absolute atomic E-state index is 7.10. The maximum Gasteiger partial charge on any atom is 0.159 e. The fourth-order valence-corrected chi connectivity index (χ4v) is 7.85. The van der Waals surface area contributed by atoms with Crippen LogP contribution in [0.25, 0.3) is 84.7 Å². The Hall–Kier alpha value is -7.31. The molecule has 0 fully saturated rings. The molecule has 2 N–H and O–H groups in total. The van der Waals surface area contributed by atoms with Crippen molar-refractivity contribution in [2.24, 2.45) is 0 Å². The van der Waals surface area contributed by atoms with Gasteiger partial charge < -0.3 is 5.73 Å². The summed E-state index contributed by atoms with van der Waals surface area (Å²) in [5.41, 5.74) is 20.7. The Labute approximate surface area is 326 Å². The van der Waals surface area contributed by atoms with Crippen molar-refractivity contribution in [1.82, 2.24) is 24.1 Å². The topological polar surface area (TPSA) is 74.6 Å². The number of fused-ring (bicyclic) bond motifs is 4. The van der Waals surface area contributed by atoms with E-state index < -0.39 is 0 Å². The molecule has 1 aliphatic rings. The summed E-state index contributed by atoms with van der Waals surface area (Å²) in [6.45, 7) is 10.2. The molecule has 270 valence electrons. The monoisotopic (exact) mass is 724 g/mol. The number of anilines is 1. The Morgan fingerprint density at radius 1 is 0.750 bits per heavy atom. The lowest BCUT2D eigenvalue weighted by atomic mass is 10.0. The molecular weight excluding hydrogens is 685 g/mol. The molecule has 6 nitrogen and oxygen atoms in total. The SMILES string of the molecule is C=C/C=C\c1c(N)n(-c2cc(-c3cc(-c4ccc(-c5ccccc5)cc4)nc(C(=C)/C=C\C)n3)cc(-n3c4c(c5cccnc53)CCC=C4)c2)c2ccccc12. The fraction of sp³-hybridized carbons (Fsp3) is 0.0600. The number of pyridine rings is 1. The largest absolute Gasteiger partial charge is 0.384 e. The summed E-state index contributed by atoms with van der Waals surface area (Å²) >= 11 is 0. The minimum Gasteiger partial charge on any atom is -0.384 e. The summed E-state index contributed by atoms with van der Waals surface area (Å²) in [5.74, 6) is 1.19. The molecule has 0 aliphatic heterocycles. The van der Waals surface area contributed by atoms with E-state index in [1.165, 1.54) is 5.56 Å². The second-order valence-corrected chi connectivity index (χ2v) is 13.9. The number of benzene rings is 4. The highest BCUT2D eigenvalue weighted by Gasteiger charge is 2.22. The van der Waals surface area contributed by atoms with E-state index >= 15 is 0 Å². The number of nitrogens with two attached hydrogens (primary N) is 1. The van der Waals surface area contributed by atoms with E-state index in [4.69, 9.17) is 20.7 Å². The number of para-hydroxylation sites is 1. The van der Waals surface area contributed by atoms with Crippen molar-refractivity contribution in [1.29, 1.82) is 0 Å². The number of aromatic nitrogens is 5. The van der Waals surface area contributed by atoms with Crippen LogP contribution in [0, 0.1) is 0 Å². The van der Waals surface area contributed by atoms with Gasteiger partial charge in [0.2, 0.25) is 0 Å². The third-order valence-corrected chi connectivity index (χ3v) is 10.4. The quantitative estimate of drug-likeness (QED) is 0.150. The number of hydrogen-bond acceptors (Lipinski definition) is 4.